The van der Waals surface area contributed by atoms with Crippen molar-refractivity contribution in [2.45, 2.75) is 23.4 Å². The van der Waals surface area contributed by atoms with Gasteiger partial charge in [-0.15, -0.1) is 0 Å². The first-order valence-electron chi connectivity index (χ1n) is 6.42. The molecule has 0 unspecified atom stereocenters. The molecule has 3 atom stereocenters. The SMILES string of the molecule is COP(=O)(OC)[C@@H](NC(=O)[C@@H]1[C@@H](C=C(Cl)Cl)C1(C)C)C(Cl)(Cl)Cl. The predicted octanol–water partition coefficient (Wildman–Crippen LogP) is 4.88. The zero-order chi connectivity index (χ0) is 18.2. The van der Waals surface area contributed by atoms with Crippen molar-refractivity contribution in [3.05, 3.63) is 10.6 Å². The number of hydrogen-bond donors (Lipinski definition) is 1. The first-order chi connectivity index (χ1) is 10.3. The highest BCUT2D eigenvalue weighted by atomic mass is 35.6. The van der Waals surface area contributed by atoms with E-state index in [2.05, 4.69) is 5.32 Å². The molecule has 0 spiro atoms. The van der Waals surface area contributed by atoms with Gasteiger partial charge in [0, 0.05) is 14.2 Å². The van der Waals surface area contributed by atoms with Gasteiger partial charge < -0.3 is 14.4 Å². The second kappa shape index (κ2) is 7.59. The molecule has 0 heterocycles. The number of alkyl halides is 3. The minimum atomic E-state index is -3.86. The summed E-state index contributed by atoms with van der Waals surface area (Å²) in [5.41, 5.74) is -0.388. The molecule has 0 bridgehead atoms. The maximum absolute atomic E-state index is 12.5. The Balaban J connectivity index is 3.01. The third kappa shape index (κ3) is 4.92. The normalized spacial score (nSPS) is 24.7. The summed E-state index contributed by atoms with van der Waals surface area (Å²) in [5.74, 6) is -2.58. The second-order valence-corrected chi connectivity index (χ2v) is 11.3. The molecule has 5 nitrogen and oxygen atoms in total. The number of carbonyl (C=O) groups excluding carboxylic acids is 1. The van der Waals surface area contributed by atoms with Crippen LogP contribution in [0.5, 0.6) is 0 Å². The summed E-state index contributed by atoms with van der Waals surface area (Å²) in [6.07, 6.45) is 1.57. The van der Waals surface area contributed by atoms with Crippen molar-refractivity contribution < 1.29 is 18.4 Å². The molecule has 0 aromatic heterocycles. The monoisotopic (exact) mass is 445 g/mol. The third-order valence-electron chi connectivity index (χ3n) is 3.91. The molecule has 0 aromatic rings. The fourth-order valence-corrected chi connectivity index (χ4v) is 5.20. The van der Waals surface area contributed by atoms with E-state index < -0.39 is 29.0 Å². The molecule has 1 aliphatic rings. The van der Waals surface area contributed by atoms with Gasteiger partial charge in [0.2, 0.25) is 9.70 Å². The van der Waals surface area contributed by atoms with Crippen molar-refractivity contribution >= 4 is 71.5 Å². The van der Waals surface area contributed by atoms with E-state index in [9.17, 15) is 9.36 Å². The van der Waals surface area contributed by atoms with Gasteiger partial charge in [0.15, 0.2) is 5.78 Å². The van der Waals surface area contributed by atoms with Crippen molar-refractivity contribution in [1.29, 1.82) is 0 Å². The molecule has 11 heteroatoms. The van der Waals surface area contributed by atoms with Crippen LogP contribution in [0.1, 0.15) is 13.8 Å². The Bertz CT molecular complexity index is 536. The van der Waals surface area contributed by atoms with Crippen LogP contribution in [0.4, 0.5) is 0 Å². The quantitative estimate of drug-likeness (QED) is 0.466. The number of halogens is 5. The Morgan fingerprint density at radius 2 is 1.74 bits per heavy atom. The second-order valence-electron chi connectivity index (χ2n) is 5.64. The van der Waals surface area contributed by atoms with Crippen molar-refractivity contribution in [2.75, 3.05) is 14.2 Å². The van der Waals surface area contributed by atoms with Gasteiger partial charge in [-0.1, -0.05) is 71.9 Å². The lowest BCUT2D eigenvalue weighted by Gasteiger charge is -2.30. The molecule has 1 N–H and O–H groups in total. The Labute approximate surface area is 160 Å². The van der Waals surface area contributed by atoms with Gasteiger partial charge in [-0.05, 0) is 17.4 Å². The first kappa shape index (κ1) is 21.9. The van der Waals surface area contributed by atoms with E-state index in [0.717, 1.165) is 14.2 Å². The summed E-state index contributed by atoms with van der Waals surface area (Å²) < 4.78 is 20.2. The van der Waals surface area contributed by atoms with E-state index >= 15 is 0 Å². The van der Waals surface area contributed by atoms with Gasteiger partial charge in [0.05, 0.1) is 5.92 Å². The van der Waals surface area contributed by atoms with Gasteiger partial charge in [-0.2, -0.15) is 0 Å². The van der Waals surface area contributed by atoms with Crippen LogP contribution in [-0.4, -0.2) is 29.7 Å². The van der Waals surface area contributed by atoms with Crippen LogP contribution in [-0.2, 0) is 18.4 Å². The fourth-order valence-electron chi connectivity index (χ4n) is 2.48. The van der Waals surface area contributed by atoms with Gasteiger partial charge in [-0.25, -0.2) is 0 Å². The lowest BCUT2D eigenvalue weighted by Crippen LogP contribution is -2.45. The molecule has 23 heavy (non-hydrogen) atoms. The van der Waals surface area contributed by atoms with Crippen molar-refractivity contribution in [3.8, 4) is 0 Å². The highest BCUT2D eigenvalue weighted by Gasteiger charge is 2.62. The minimum Gasteiger partial charge on any atom is -0.338 e. The molecule has 0 aromatic carbocycles. The first-order valence-corrected chi connectivity index (χ1v) is 9.92. The van der Waals surface area contributed by atoms with Crippen molar-refractivity contribution in [2.24, 2.45) is 17.3 Å². The molecular weight excluding hydrogens is 430 g/mol. The minimum absolute atomic E-state index is 0.0655. The maximum Gasteiger partial charge on any atom is 0.356 e. The highest BCUT2D eigenvalue weighted by Crippen LogP contribution is 2.61. The number of nitrogens with one attached hydrogen (secondary N) is 1. The number of hydrogen-bond acceptors (Lipinski definition) is 4. The van der Waals surface area contributed by atoms with Crippen LogP contribution in [0.15, 0.2) is 10.6 Å². The van der Waals surface area contributed by atoms with Gasteiger partial charge in [0.25, 0.3) is 0 Å². The van der Waals surface area contributed by atoms with Gasteiger partial charge in [-0.3, -0.25) is 9.36 Å². The molecule has 134 valence electrons. The summed E-state index contributed by atoms with van der Waals surface area (Å²) >= 11 is 28.8. The number of allylic oxidation sites excluding steroid dienone is 1. The van der Waals surface area contributed by atoms with Crippen molar-refractivity contribution in [3.63, 3.8) is 0 Å². The van der Waals surface area contributed by atoms with E-state index in [1.165, 1.54) is 0 Å². The average Bonchev–Trinajstić information content (AvgIpc) is 2.94. The number of amides is 1. The van der Waals surface area contributed by atoms with E-state index in [1.54, 1.807) is 6.08 Å². The summed E-state index contributed by atoms with van der Waals surface area (Å²) in [6, 6.07) is 0. The Morgan fingerprint density at radius 1 is 1.26 bits per heavy atom. The van der Waals surface area contributed by atoms with E-state index in [4.69, 9.17) is 67.1 Å². The summed E-state index contributed by atoms with van der Waals surface area (Å²) in [6.45, 7) is 3.73. The van der Waals surface area contributed by atoms with Crippen LogP contribution in [0.25, 0.3) is 0 Å². The van der Waals surface area contributed by atoms with Gasteiger partial charge in [0.1, 0.15) is 4.49 Å². The summed E-state index contributed by atoms with van der Waals surface area (Å²) in [5, 5.41) is 2.46. The molecule has 1 rings (SSSR count). The zero-order valence-corrected chi connectivity index (χ0v) is 17.5. The number of rotatable bonds is 6. The molecule has 0 saturated heterocycles. The lowest BCUT2D eigenvalue weighted by molar-refractivity contribution is -0.123. The highest BCUT2D eigenvalue weighted by molar-refractivity contribution is 7.55. The van der Waals surface area contributed by atoms with E-state index in [-0.39, 0.29) is 15.8 Å². The summed E-state index contributed by atoms with van der Waals surface area (Å²) in [7, 11) is -1.59. The zero-order valence-electron chi connectivity index (χ0n) is 12.8. The van der Waals surface area contributed by atoms with Crippen LogP contribution < -0.4 is 5.32 Å². The standard InChI is InChI=1S/C12H17Cl5NO4P/c1-11(2)6(5-7(13)14)8(11)9(19)18-10(12(15,16)17)23(20,21-3)22-4/h5-6,8,10H,1-4H3,(H,18,19)/t6-,8+,10-/m1/s1. The Morgan fingerprint density at radius 3 is 2.09 bits per heavy atom. The largest absolute Gasteiger partial charge is 0.356 e. The van der Waals surface area contributed by atoms with E-state index in [0.29, 0.717) is 0 Å². The number of carbonyl (C=O) groups is 1. The van der Waals surface area contributed by atoms with Crippen LogP contribution in [0.3, 0.4) is 0 Å². The third-order valence-corrected chi connectivity index (χ3v) is 7.44. The maximum atomic E-state index is 12.5. The van der Waals surface area contributed by atoms with Crippen molar-refractivity contribution in [1.82, 2.24) is 5.32 Å². The smallest absolute Gasteiger partial charge is 0.338 e. The average molecular weight is 448 g/mol. The fraction of sp³-hybridized carbons (Fsp3) is 0.750. The molecule has 0 aliphatic heterocycles. The molecular formula is C12H17Cl5NO4P. The summed E-state index contributed by atoms with van der Waals surface area (Å²) in [4.78, 5) is 12.5. The predicted molar refractivity (Wildman–Crippen MR) is 94.4 cm³/mol. The molecule has 1 fully saturated rings. The van der Waals surface area contributed by atoms with Crippen LogP contribution in [0, 0.1) is 17.3 Å². The molecule has 1 aliphatic carbocycles. The van der Waals surface area contributed by atoms with Gasteiger partial charge >= 0.3 is 7.60 Å². The van der Waals surface area contributed by atoms with E-state index in [1.807, 2.05) is 13.8 Å². The molecule has 1 saturated carbocycles. The Kier molecular flexibility index (Phi) is 7.21. The lowest BCUT2D eigenvalue weighted by atomic mass is 10.1. The topological polar surface area (TPSA) is 64.6 Å². The van der Waals surface area contributed by atoms with Crippen LogP contribution >= 0.6 is 65.6 Å². The Hall–Kier alpha value is 0.810. The molecule has 1 amide bonds. The molecule has 0 radical (unpaired) electrons. The van der Waals surface area contributed by atoms with Crippen LogP contribution in [0.2, 0.25) is 0 Å².